The first-order valence-electron chi connectivity index (χ1n) is 7.05. The Morgan fingerprint density at radius 1 is 1.32 bits per heavy atom. The van der Waals surface area contributed by atoms with Crippen LogP contribution in [0.3, 0.4) is 0 Å². The third-order valence-electron chi connectivity index (χ3n) is 3.63. The number of carbonyl (C=O) groups excluding carboxylic acids is 1. The Morgan fingerprint density at radius 2 is 2.21 bits per heavy atom. The van der Waals surface area contributed by atoms with Crippen molar-refractivity contribution in [3.05, 3.63) is 18.3 Å². The number of anilines is 2. The van der Waals surface area contributed by atoms with E-state index in [1.54, 1.807) is 6.20 Å². The van der Waals surface area contributed by atoms with Gasteiger partial charge in [-0.15, -0.1) is 0 Å². The van der Waals surface area contributed by atoms with Gasteiger partial charge in [0.05, 0.1) is 11.9 Å². The van der Waals surface area contributed by atoms with Crippen molar-refractivity contribution < 1.29 is 4.79 Å². The van der Waals surface area contributed by atoms with Crippen LogP contribution in [0.2, 0.25) is 0 Å². The van der Waals surface area contributed by atoms with Crippen LogP contribution in [-0.2, 0) is 4.79 Å². The van der Waals surface area contributed by atoms with E-state index in [1.807, 2.05) is 12.1 Å². The van der Waals surface area contributed by atoms with Crippen molar-refractivity contribution in [1.82, 2.24) is 10.3 Å². The van der Waals surface area contributed by atoms with Crippen LogP contribution in [0.5, 0.6) is 0 Å². The highest BCUT2D eigenvalue weighted by atomic mass is 16.2. The lowest BCUT2D eigenvalue weighted by atomic mass is 10.3. The van der Waals surface area contributed by atoms with Gasteiger partial charge in [-0.05, 0) is 37.9 Å². The van der Waals surface area contributed by atoms with Crippen LogP contribution in [0.4, 0.5) is 11.5 Å². The normalized spacial score (nSPS) is 19.9. The van der Waals surface area contributed by atoms with Crippen molar-refractivity contribution >= 4 is 17.4 Å². The maximum atomic E-state index is 11.6. The first-order chi connectivity index (χ1) is 9.33. The van der Waals surface area contributed by atoms with E-state index in [0.717, 1.165) is 56.9 Å². The SMILES string of the molecule is O=C(Nc1ccc(N2CCCNCC2)nc1)C1CC1. The van der Waals surface area contributed by atoms with E-state index >= 15 is 0 Å². The molecule has 1 aromatic rings. The number of pyridine rings is 1. The fraction of sp³-hybridized carbons (Fsp3) is 0.571. The van der Waals surface area contributed by atoms with Gasteiger partial charge in [-0.25, -0.2) is 4.98 Å². The summed E-state index contributed by atoms with van der Waals surface area (Å²) in [7, 11) is 0. The Kier molecular flexibility index (Phi) is 3.64. The fourth-order valence-corrected chi connectivity index (χ4v) is 2.31. The molecule has 2 N–H and O–H groups in total. The first-order valence-corrected chi connectivity index (χ1v) is 7.05. The second-order valence-corrected chi connectivity index (χ2v) is 5.26. The minimum atomic E-state index is 0.133. The molecule has 0 atom stereocenters. The average molecular weight is 260 g/mol. The van der Waals surface area contributed by atoms with Crippen molar-refractivity contribution in [2.45, 2.75) is 19.3 Å². The van der Waals surface area contributed by atoms with Gasteiger partial charge in [0.2, 0.25) is 5.91 Å². The van der Waals surface area contributed by atoms with Crippen LogP contribution >= 0.6 is 0 Å². The van der Waals surface area contributed by atoms with Crippen LogP contribution in [-0.4, -0.2) is 37.1 Å². The quantitative estimate of drug-likeness (QED) is 0.858. The molecule has 1 amide bonds. The topological polar surface area (TPSA) is 57.3 Å². The third kappa shape index (κ3) is 3.23. The maximum absolute atomic E-state index is 11.6. The summed E-state index contributed by atoms with van der Waals surface area (Å²) in [5, 5.41) is 6.29. The molecule has 0 bridgehead atoms. The van der Waals surface area contributed by atoms with Gasteiger partial charge in [0, 0.05) is 25.6 Å². The minimum Gasteiger partial charge on any atom is -0.355 e. The molecular formula is C14H20N4O. The molecule has 1 aromatic heterocycles. The number of hydrogen-bond acceptors (Lipinski definition) is 4. The van der Waals surface area contributed by atoms with Crippen molar-refractivity contribution in [3.63, 3.8) is 0 Å². The second kappa shape index (κ2) is 5.57. The fourth-order valence-electron chi connectivity index (χ4n) is 2.31. The summed E-state index contributed by atoms with van der Waals surface area (Å²) >= 11 is 0. The lowest BCUT2D eigenvalue weighted by Gasteiger charge is -2.21. The first kappa shape index (κ1) is 12.4. The maximum Gasteiger partial charge on any atom is 0.227 e. The summed E-state index contributed by atoms with van der Waals surface area (Å²) in [5.74, 6) is 1.36. The number of amides is 1. The zero-order valence-electron chi connectivity index (χ0n) is 11.1. The van der Waals surface area contributed by atoms with Gasteiger partial charge >= 0.3 is 0 Å². The summed E-state index contributed by atoms with van der Waals surface area (Å²) < 4.78 is 0. The summed E-state index contributed by atoms with van der Waals surface area (Å²) in [6.45, 7) is 4.10. The predicted molar refractivity (Wildman–Crippen MR) is 75.3 cm³/mol. The van der Waals surface area contributed by atoms with Gasteiger partial charge in [-0.3, -0.25) is 4.79 Å². The number of nitrogens with zero attached hydrogens (tertiary/aromatic N) is 2. The highest BCUT2D eigenvalue weighted by Gasteiger charge is 2.29. The van der Waals surface area contributed by atoms with Crippen LogP contribution in [0.15, 0.2) is 18.3 Å². The standard InChI is InChI=1S/C14H20N4O/c19-14(11-2-3-11)17-12-4-5-13(16-10-12)18-8-1-6-15-7-9-18/h4-5,10-11,15H,1-3,6-9H2,(H,17,19). The molecule has 1 aliphatic carbocycles. The molecule has 2 aliphatic rings. The van der Waals surface area contributed by atoms with E-state index in [9.17, 15) is 4.79 Å². The second-order valence-electron chi connectivity index (χ2n) is 5.26. The smallest absolute Gasteiger partial charge is 0.227 e. The number of aromatic nitrogens is 1. The van der Waals surface area contributed by atoms with Gasteiger partial charge in [-0.1, -0.05) is 0 Å². The molecule has 0 radical (unpaired) electrons. The van der Waals surface area contributed by atoms with E-state index in [1.165, 1.54) is 0 Å². The molecule has 0 unspecified atom stereocenters. The lowest BCUT2D eigenvalue weighted by molar-refractivity contribution is -0.117. The molecule has 2 heterocycles. The molecule has 3 rings (SSSR count). The summed E-state index contributed by atoms with van der Waals surface area (Å²) in [5.41, 5.74) is 0.800. The average Bonchev–Trinajstić information content (AvgIpc) is 3.27. The molecule has 0 spiro atoms. The Morgan fingerprint density at radius 3 is 2.95 bits per heavy atom. The molecule has 2 fully saturated rings. The zero-order chi connectivity index (χ0) is 13.1. The monoisotopic (exact) mass is 260 g/mol. The third-order valence-corrected chi connectivity index (χ3v) is 3.63. The molecule has 19 heavy (non-hydrogen) atoms. The minimum absolute atomic E-state index is 0.133. The van der Waals surface area contributed by atoms with Crippen molar-refractivity contribution in [1.29, 1.82) is 0 Å². The Hall–Kier alpha value is -1.62. The van der Waals surface area contributed by atoms with E-state index in [2.05, 4.69) is 20.5 Å². The van der Waals surface area contributed by atoms with Crippen LogP contribution in [0.1, 0.15) is 19.3 Å². The Labute approximate surface area is 113 Å². The van der Waals surface area contributed by atoms with Gasteiger partial charge < -0.3 is 15.5 Å². The van der Waals surface area contributed by atoms with Crippen LogP contribution < -0.4 is 15.5 Å². The summed E-state index contributed by atoms with van der Waals surface area (Å²) in [4.78, 5) is 18.4. The van der Waals surface area contributed by atoms with Gasteiger partial charge in [0.15, 0.2) is 0 Å². The zero-order valence-corrected chi connectivity index (χ0v) is 11.1. The summed E-state index contributed by atoms with van der Waals surface area (Å²) in [6.07, 6.45) is 4.95. The molecule has 1 aliphatic heterocycles. The Bertz CT molecular complexity index is 433. The highest BCUT2D eigenvalue weighted by Crippen LogP contribution is 2.30. The number of carbonyl (C=O) groups is 1. The highest BCUT2D eigenvalue weighted by molar-refractivity contribution is 5.93. The molecule has 5 nitrogen and oxygen atoms in total. The van der Waals surface area contributed by atoms with Crippen LogP contribution in [0.25, 0.3) is 0 Å². The summed E-state index contributed by atoms with van der Waals surface area (Å²) in [6, 6.07) is 3.94. The predicted octanol–water partition coefficient (Wildman–Crippen LogP) is 1.23. The van der Waals surface area contributed by atoms with E-state index < -0.39 is 0 Å². The molecule has 1 saturated heterocycles. The van der Waals surface area contributed by atoms with Crippen LogP contribution in [0, 0.1) is 5.92 Å². The molecule has 102 valence electrons. The molecule has 5 heteroatoms. The van der Waals surface area contributed by atoms with E-state index in [4.69, 9.17) is 0 Å². The Balaban J connectivity index is 1.62. The van der Waals surface area contributed by atoms with Gasteiger partial charge in [0.25, 0.3) is 0 Å². The number of hydrogen-bond donors (Lipinski definition) is 2. The number of nitrogens with one attached hydrogen (secondary N) is 2. The molecule has 1 saturated carbocycles. The van der Waals surface area contributed by atoms with Gasteiger partial charge in [-0.2, -0.15) is 0 Å². The molecule has 0 aromatic carbocycles. The largest absolute Gasteiger partial charge is 0.355 e. The van der Waals surface area contributed by atoms with E-state index in [-0.39, 0.29) is 11.8 Å². The van der Waals surface area contributed by atoms with Gasteiger partial charge in [0.1, 0.15) is 5.82 Å². The lowest BCUT2D eigenvalue weighted by Crippen LogP contribution is -2.28. The van der Waals surface area contributed by atoms with E-state index in [0.29, 0.717) is 0 Å². The molecular weight excluding hydrogens is 240 g/mol. The van der Waals surface area contributed by atoms with Crippen molar-refractivity contribution in [2.75, 3.05) is 36.4 Å². The number of rotatable bonds is 3. The van der Waals surface area contributed by atoms with Crippen molar-refractivity contribution in [3.8, 4) is 0 Å². The van der Waals surface area contributed by atoms with Crippen molar-refractivity contribution in [2.24, 2.45) is 5.92 Å².